The van der Waals surface area contributed by atoms with Crippen LogP contribution < -0.4 is 0 Å². The van der Waals surface area contributed by atoms with E-state index < -0.39 is 0 Å². The largest absolute Gasteiger partial charge is 0.292 e. The molecule has 0 aliphatic carbocycles. The Morgan fingerprint density at radius 1 is 0.900 bits per heavy atom. The zero-order valence-corrected chi connectivity index (χ0v) is 12.1. The van der Waals surface area contributed by atoms with E-state index in [4.69, 9.17) is 0 Å². The molecule has 2 saturated heterocycles. The van der Waals surface area contributed by atoms with E-state index in [0.717, 1.165) is 31.6 Å². The van der Waals surface area contributed by atoms with Crippen molar-refractivity contribution in [3.63, 3.8) is 0 Å². The van der Waals surface area contributed by atoms with Gasteiger partial charge in [-0.05, 0) is 25.7 Å². The topological polar surface area (TPSA) is 23.6 Å². The molecule has 1 unspecified atom stereocenters. The maximum absolute atomic E-state index is 12.8. The van der Waals surface area contributed by atoms with Gasteiger partial charge in [0.05, 0.1) is 6.04 Å². The van der Waals surface area contributed by atoms with Crippen molar-refractivity contribution < 1.29 is 4.79 Å². The van der Waals surface area contributed by atoms with Crippen molar-refractivity contribution in [3.8, 4) is 0 Å². The predicted octanol–water partition coefficient (Wildman–Crippen LogP) is 3.12. The second-order valence-corrected chi connectivity index (χ2v) is 5.92. The first-order valence-electron chi connectivity index (χ1n) is 7.97. The van der Waals surface area contributed by atoms with Crippen molar-refractivity contribution in [3.05, 3.63) is 35.9 Å². The molecule has 3 rings (SSSR count). The molecule has 0 bridgehead atoms. The molecule has 2 heterocycles. The van der Waals surface area contributed by atoms with Crippen molar-refractivity contribution in [2.75, 3.05) is 19.6 Å². The summed E-state index contributed by atoms with van der Waals surface area (Å²) in [5, 5.41) is 4.81. The van der Waals surface area contributed by atoms with E-state index in [0.29, 0.717) is 5.78 Å². The molecule has 1 atom stereocenters. The monoisotopic (exact) mass is 272 g/mol. The smallest absolute Gasteiger partial charge is 0.181 e. The highest BCUT2D eigenvalue weighted by Crippen LogP contribution is 2.24. The second kappa shape index (κ2) is 6.51. The average Bonchev–Trinajstić information content (AvgIpc) is 2.56. The summed E-state index contributed by atoms with van der Waals surface area (Å²) in [6.45, 7) is 3.29. The van der Waals surface area contributed by atoms with Crippen molar-refractivity contribution in [2.45, 2.75) is 44.6 Å². The standard InChI is InChI=1S/C17H24N2O/c20-17(15-9-3-1-4-10-15)16-11-5-8-14-19(16)18-12-6-2-7-13-18/h1,3-4,9-10,16H,2,5-8,11-14H2. The van der Waals surface area contributed by atoms with E-state index in [1.807, 2.05) is 30.3 Å². The molecule has 0 aromatic heterocycles. The summed E-state index contributed by atoms with van der Waals surface area (Å²) in [5.74, 6) is 0.302. The third-order valence-corrected chi connectivity index (χ3v) is 4.53. The highest BCUT2D eigenvalue weighted by atomic mass is 16.1. The summed E-state index contributed by atoms with van der Waals surface area (Å²) in [6.07, 6.45) is 7.26. The van der Waals surface area contributed by atoms with Crippen LogP contribution in [0.3, 0.4) is 0 Å². The maximum Gasteiger partial charge on any atom is 0.181 e. The number of benzene rings is 1. The van der Waals surface area contributed by atoms with Gasteiger partial charge in [0.15, 0.2) is 5.78 Å². The number of nitrogens with zero attached hydrogens (tertiary/aromatic N) is 2. The van der Waals surface area contributed by atoms with Gasteiger partial charge in [0.25, 0.3) is 0 Å². The fraction of sp³-hybridized carbons (Fsp3) is 0.588. The number of hydrogen-bond acceptors (Lipinski definition) is 3. The number of piperidine rings is 2. The van der Waals surface area contributed by atoms with Gasteiger partial charge in [-0.2, -0.15) is 0 Å². The number of rotatable bonds is 3. The van der Waals surface area contributed by atoms with E-state index in [-0.39, 0.29) is 6.04 Å². The normalized spacial score (nSPS) is 25.5. The molecule has 2 aliphatic heterocycles. The van der Waals surface area contributed by atoms with Crippen molar-refractivity contribution in [2.24, 2.45) is 0 Å². The minimum Gasteiger partial charge on any atom is -0.292 e. The molecule has 0 saturated carbocycles. The van der Waals surface area contributed by atoms with Crippen LogP contribution in [-0.2, 0) is 0 Å². The lowest BCUT2D eigenvalue weighted by Gasteiger charge is -2.44. The Kier molecular flexibility index (Phi) is 4.48. The summed E-state index contributed by atoms with van der Waals surface area (Å²) in [7, 11) is 0. The van der Waals surface area contributed by atoms with Gasteiger partial charge < -0.3 is 0 Å². The first-order chi connectivity index (χ1) is 9.86. The quantitative estimate of drug-likeness (QED) is 0.790. The Hall–Kier alpha value is -1.19. The summed E-state index contributed by atoms with van der Waals surface area (Å²) < 4.78 is 0. The molecule has 2 aliphatic rings. The van der Waals surface area contributed by atoms with E-state index in [2.05, 4.69) is 10.0 Å². The van der Waals surface area contributed by atoms with Crippen LogP contribution in [0.1, 0.15) is 48.9 Å². The molecule has 0 spiro atoms. The molecule has 2 fully saturated rings. The van der Waals surface area contributed by atoms with Crippen molar-refractivity contribution in [1.82, 2.24) is 10.0 Å². The Labute approximate surface area is 121 Å². The van der Waals surface area contributed by atoms with E-state index in [1.165, 1.54) is 32.1 Å². The van der Waals surface area contributed by atoms with Crippen LogP contribution in [0.15, 0.2) is 30.3 Å². The van der Waals surface area contributed by atoms with Crippen LogP contribution in [0.4, 0.5) is 0 Å². The first-order valence-corrected chi connectivity index (χ1v) is 7.97. The fourth-order valence-corrected chi connectivity index (χ4v) is 3.45. The Morgan fingerprint density at radius 3 is 2.35 bits per heavy atom. The fourth-order valence-electron chi connectivity index (χ4n) is 3.45. The van der Waals surface area contributed by atoms with Gasteiger partial charge in [-0.3, -0.25) is 4.79 Å². The van der Waals surface area contributed by atoms with Crippen LogP contribution in [0, 0.1) is 0 Å². The highest BCUT2D eigenvalue weighted by molar-refractivity contribution is 6.00. The van der Waals surface area contributed by atoms with Crippen LogP contribution in [0.2, 0.25) is 0 Å². The van der Waals surface area contributed by atoms with Gasteiger partial charge in [0.1, 0.15) is 0 Å². The molecule has 20 heavy (non-hydrogen) atoms. The molecular weight excluding hydrogens is 248 g/mol. The van der Waals surface area contributed by atoms with E-state index in [1.54, 1.807) is 0 Å². The summed E-state index contributed by atoms with van der Waals surface area (Å²) >= 11 is 0. The summed E-state index contributed by atoms with van der Waals surface area (Å²) in [4.78, 5) is 12.8. The van der Waals surface area contributed by atoms with Gasteiger partial charge in [-0.15, -0.1) is 0 Å². The van der Waals surface area contributed by atoms with Crippen LogP contribution >= 0.6 is 0 Å². The maximum atomic E-state index is 12.8. The number of ketones is 1. The zero-order valence-electron chi connectivity index (χ0n) is 12.1. The molecule has 3 heteroatoms. The lowest BCUT2D eigenvalue weighted by atomic mass is 9.95. The van der Waals surface area contributed by atoms with E-state index >= 15 is 0 Å². The molecule has 0 N–H and O–H groups in total. The average molecular weight is 272 g/mol. The Morgan fingerprint density at radius 2 is 1.60 bits per heavy atom. The first kappa shape index (κ1) is 13.8. The van der Waals surface area contributed by atoms with Gasteiger partial charge >= 0.3 is 0 Å². The molecule has 0 radical (unpaired) electrons. The predicted molar refractivity (Wildman–Crippen MR) is 80.5 cm³/mol. The number of hydrazine groups is 1. The van der Waals surface area contributed by atoms with Gasteiger partial charge in [-0.25, -0.2) is 10.0 Å². The van der Waals surface area contributed by atoms with Crippen molar-refractivity contribution in [1.29, 1.82) is 0 Å². The zero-order chi connectivity index (χ0) is 13.8. The Bertz CT molecular complexity index is 440. The van der Waals surface area contributed by atoms with Crippen LogP contribution in [-0.4, -0.2) is 41.5 Å². The lowest BCUT2D eigenvalue weighted by Crippen LogP contribution is -2.55. The number of hydrogen-bond donors (Lipinski definition) is 0. The van der Waals surface area contributed by atoms with Crippen molar-refractivity contribution >= 4 is 5.78 Å². The summed E-state index contributed by atoms with van der Waals surface area (Å²) in [5.41, 5.74) is 0.862. The number of carbonyl (C=O) groups excluding carboxylic acids is 1. The molecular formula is C17H24N2O. The lowest BCUT2D eigenvalue weighted by molar-refractivity contribution is -0.0773. The minimum absolute atomic E-state index is 0.0595. The second-order valence-electron chi connectivity index (χ2n) is 5.92. The molecule has 108 valence electrons. The minimum atomic E-state index is 0.0595. The van der Waals surface area contributed by atoms with Gasteiger partial charge in [-0.1, -0.05) is 43.2 Å². The third-order valence-electron chi connectivity index (χ3n) is 4.53. The van der Waals surface area contributed by atoms with Gasteiger partial charge in [0.2, 0.25) is 0 Å². The molecule has 1 aromatic carbocycles. The third kappa shape index (κ3) is 2.94. The summed E-state index contributed by atoms with van der Waals surface area (Å²) in [6, 6.07) is 9.85. The number of Topliss-reactive ketones (excluding diaryl/α,β-unsaturated/α-hetero) is 1. The Balaban J connectivity index is 1.76. The molecule has 3 nitrogen and oxygen atoms in total. The van der Waals surface area contributed by atoms with Crippen LogP contribution in [0.5, 0.6) is 0 Å². The van der Waals surface area contributed by atoms with Crippen LogP contribution in [0.25, 0.3) is 0 Å². The highest BCUT2D eigenvalue weighted by Gasteiger charge is 2.33. The van der Waals surface area contributed by atoms with E-state index in [9.17, 15) is 4.79 Å². The number of carbonyl (C=O) groups is 1. The molecule has 1 aromatic rings. The molecule has 0 amide bonds. The van der Waals surface area contributed by atoms with Gasteiger partial charge in [0, 0.05) is 25.2 Å². The SMILES string of the molecule is O=C(c1ccccc1)C1CCCCN1N1CCCCC1.